The number of carboxylic acid groups (broad SMARTS) is 2. The number of carbonyl (C=O) groups excluding carboxylic acids is 1. The predicted molar refractivity (Wildman–Crippen MR) is 49.7 cm³/mol. The quantitative estimate of drug-likeness (QED) is 0.706. The van der Waals surface area contributed by atoms with E-state index in [0.717, 1.165) is 0 Å². The number of aliphatic carboxylic acids is 1. The molecule has 0 aromatic heterocycles. The summed E-state index contributed by atoms with van der Waals surface area (Å²) in [5.41, 5.74) is 0.578. The van der Waals surface area contributed by atoms with E-state index in [1.54, 1.807) is 0 Å². The molecule has 15 heavy (non-hydrogen) atoms. The smallest absolute Gasteiger partial charge is 0.372 e. The van der Waals surface area contributed by atoms with Gasteiger partial charge in [-0.3, -0.25) is 4.79 Å². The summed E-state index contributed by atoms with van der Waals surface area (Å²) >= 11 is 0. The molecule has 0 heterocycles. The van der Waals surface area contributed by atoms with E-state index in [-0.39, 0.29) is 12.0 Å². The summed E-state index contributed by atoms with van der Waals surface area (Å²) in [4.78, 5) is 31.5. The van der Waals surface area contributed by atoms with Crippen LogP contribution in [0.3, 0.4) is 0 Å². The van der Waals surface area contributed by atoms with Gasteiger partial charge in [0.15, 0.2) is 0 Å². The first-order valence-corrected chi connectivity index (χ1v) is 4.09. The Hall–Kier alpha value is -2.17. The second-order valence-corrected chi connectivity index (χ2v) is 2.91. The highest BCUT2D eigenvalue weighted by Gasteiger charge is 2.12. The first-order valence-electron chi connectivity index (χ1n) is 4.09. The topological polar surface area (TPSA) is 91.7 Å². The molecular weight excluding hydrogens is 200 g/mol. The maximum absolute atomic E-state index is 10.8. The second-order valence-electron chi connectivity index (χ2n) is 2.91. The molecule has 78 valence electrons. The largest absolute Gasteiger partial charge is 0.478 e. The van der Waals surface area contributed by atoms with Gasteiger partial charge in [-0.2, -0.15) is 0 Å². The van der Waals surface area contributed by atoms with E-state index < -0.39 is 17.7 Å². The van der Waals surface area contributed by atoms with Gasteiger partial charge in [0.2, 0.25) is 5.78 Å². The van der Waals surface area contributed by atoms with Crippen molar-refractivity contribution in [1.29, 1.82) is 0 Å². The van der Waals surface area contributed by atoms with E-state index in [1.165, 1.54) is 24.3 Å². The van der Waals surface area contributed by atoms with Crippen LogP contribution in [0.1, 0.15) is 15.9 Å². The Labute approximate surface area is 85.0 Å². The number of hydrogen-bond donors (Lipinski definition) is 2. The van der Waals surface area contributed by atoms with Crippen molar-refractivity contribution in [2.45, 2.75) is 6.42 Å². The minimum absolute atomic E-state index is 0.0986. The van der Waals surface area contributed by atoms with Gasteiger partial charge < -0.3 is 10.2 Å². The SMILES string of the molecule is O=C(O)C(=O)Cc1ccc(C(=O)O)cc1. The number of aromatic carboxylic acids is 1. The molecule has 2 N–H and O–H groups in total. The highest BCUT2D eigenvalue weighted by atomic mass is 16.4. The number of rotatable bonds is 4. The molecule has 5 nitrogen and oxygen atoms in total. The van der Waals surface area contributed by atoms with E-state index in [9.17, 15) is 14.4 Å². The van der Waals surface area contributed by atoms with E-state index >= 15 is 0 Å². The van der Waals surface area contributed by atoms with E-state index in [2.05, 4.69) is 0 Å². The molecule has 0 fully saturated rings. The lowest BCUT2D eigenvalue weighted by Gasteiger charge is -1.98. The molecule has 0 aliphatic rings. The maximum atomic E-state index is 10.8. The van der Waals surface area contributed by atoms with Crippen LogP contribution in [0.5, 0.6) is 0 Å². The second kappa shape index (κ2) is 4.36. The van der Waals surface area contributed by atoms with E-state index in [1.807, 2.05) is 0 Å². The molecule has 0 saturated heterocycles. The fraction of sp³-hybridized carbons (Fsp3) is 0.100. The monoisotopic (exact) mass is 208 g/mol. The van der Waals surface area contributed by atoms with Gasteiger partial charge in [0.1, 0.15) is 0 Å². The molecule has 1 aromatic rings. The summed E-state index contributed by atoms with van der Waals surface area (Å²) < 4.78 is 0. The first-order chi connectivity index (χ1) is 7.00. The standard InChI is InChI=1S/C10H8O5/c11-8(10(14)15)5-6-1-3-7(4-2-6)9(12)13/h1-4H,5H2,(H,12,13)(H,14,15). The fourth-order valence-electron chi connectivity index (χ4n) is 1.03. The molecule has 0 bridgehead atoms. The molecule has 5 heteroatoms. The number of carbonyl (C=O) groups is 3. The molecule has 1 aromatic carbocycles. The molecule has 0 aliphatic carbocycles. The van der Waals surface area contributed by atoms with Gasteiger partial charge in [-0.25, -0.2) is 9.59 Å². The van der Waals surface area contributed by atoms with Crippen LogP contribution in [0.15, 0.2) is 24.3 Å². The molecule has 1 rings (SSSR count). The molecule has 0 spiro atoms. The third kappa shape index (κ3) is 2.91. The van der Waals surface area contributed by atoms with Crippen molar-refractivity contribution in [2.24, 2.45) is 0 Å². The average Bonchev–Trinajstić information content (AvgIpc) is 2.18. The van der Waals surface area contributed by atoms with Gasteiger partial charge in [0, 0.05) is 6.42 Å². The van der Waals surface area contributed by atoms with Gasteiger partial charge in [0.25, 0.3) is 0 Å². The summed E-state index contributed by atoms with van der Waals surface area (Å²) in [7, 11) is 0. The van der Waals surface area contributed by atoms with Crippen LogP contribution < -0.4 is 0 Å². The highest BCUT2D eigenvalue weighted by molar-refractivity contribution is 6.33. The number of Topliss-reactive ketones (excluding diaryl/α,β-unsaturated/α-hetero) is 1. The molecule has 0 radical (unpaired) electrons. The normalized spacial score (nSPS) is 9.60. The lowest BCUT2D eigenvalue weighted by atomic mass is 10.1. The fourth-order valence-corrected chi connectivity index (χ4v) is 1.03. The molecule has 0 unspecified atom stereocenters. The van der Waals surface area contributed by atoms with Crippen LogP contribution in [-0.4, -0.2) is 27.9 Å². The van der Waals surface area contributed by atoms with Gasteiger partial charge in [0.05, 0.1) is 5.56 Å². The Bertz CT molecular complexity index is 404. The van der Waals surface area contributed by atoms with E-state index in [4.69, 9.17) is 10.2 Å². The van der Waals surface area contributed by atoms with Crippen LogP contribution in [0, 0.1) is 0 Å². The van der Waals surface area contributed by atoms with Crippen molar-refractivity contribution in [3.63, 3.8) is 0 Å². The van der Waals surface area contributed by atoms with Crippen molar-refractivity contribution in [2.75, 3.05) is 0 Å². The minimum Gasteiger partial charge on any atom is -0.478 e. The van der Waals surface area contributed by atoms with Crippen LogP contribution in [0.25, 0.3) is 0 Å². The van der Waals surface area contributed by atoms with Gasteiger partial charge >= 0.3 is 11.9 Å². The molecule has 0 saturated carbocycles. The van der Waals surface area contributed by atoms with Gasteiger partial charge in [-0.1, -0.05) is 12.1 Å². The number of carboxylic acids is 2. The summed E-state index contributed by atoms with van der Waals surface area (Å²) in [5.74, 6) is -3.47. The maximum Gasteiger partial charge on any atom is 0.372 e. The number of ketones is 1. The molecular formula is C10H8O5. The predicted octanol–water partition coefficient (Wildman–Crippen LogP) is 0.581. The zero-order valence-corrected chi connectivity index (χ0v) is 7.64. The van der Waals surface area contributed by atoms with Crippen molar-refractivity contribution < 1.29 is 24.6 Å². The Balaban J connectivity index is 2.77. The highest BCUT2D eigenvalue weighted by Crippen LogP contribution is 2.05. The molecule has 0 amide bonds. The summed E-state index contributed by atoms with van der Waals surface area (Å²) in [6, 6.07) is 5.49. The minimum atomic E-state index is -1.49. The van der Waals surface area contributed by atoms with Crippen molar-refractivity contribution in [1.82, 2.24) is 0 Å². The number of hydrogen-bond acceptors (Lipinski definition) is 3. The van der Waals surface area contributed by atoms with Crippen LogP contribution >= 0.6 is 0 Å². The first kappa shape index (κ1) is 10.9. The average molecular weight is 208 g/mol. The third-order valence-corrected chi connectivity index (χ3v) is 1.80. The Morgan fingerprint density at radius 1 is 1.00 bits per heavy atom. The third-order valence-electron chi connectivity index (χ3n) is 1.80. The van der Waals surface area contributed by atoms with Crippen LogP contribution in [0.2, 0.25) is 0 Å². The number of benzene rings is 1. The van der Waals surface area contributed by atoms with E-state index in [0.29, 0.717) is 5.56 Å². The molecule has 0 atom stereocenters. The Kier molecular flexibility index (Phi) is 3.17. The Morgan fingerprint density at radius 3 is 1.93 bits per heavy atom. The van der Waals surface area contributed by atoms with Crippen LogP contribution in [0.4, 0.5) is 0 Å². The van der Waals surface area contributed by atoms with Crippen molar-refractivity contribution in [3.8, 4) is 0 Å². The van der Waals surface area contributed by atoms with Crippen molar-refractivity contribution >= 4 is 17.7 Å². The van der Waals surface area contributed by atoms with Crippen LogP contribution in [-0.2, 0) is 16.0 Å². The lowest BCUT2D eigenvalue weighted by Crippen LogP contribution is -2.15. The summed E-state index contributed by atoms with van der Waals surface area (Å²) in [6.45, 7) is 0. The summed E-state index contributed by atoms with van der Waals surface area (Å²) in [5, 5.41) is 16.9. The zero-order chi connectivity index (χ0) is 11.4. The van der Waals surface area contributed by atoms with Gasteiger partial charge in [-0.05, 0) is 17.7 Å². The Morgan fingerprint density at radius 2 is 1.53 bits per heavy atom. The lowest BCUT2D eigenvalue weighted by molar-refractivity contribution is -0.148. The molecule has 0 aliphatic heterocycles. The van der Waals surface area contributed by atoms with Crippen molar-refractivity contribution in [3.05, 3.63) is 35.4 Å². The summed E-state index contributed by atoms with van der Waals surface area (Å²) in [6.07, 6.45) is -0.227. The van der Waals surface area contributed by atoms with Gasteiger partial charge in [-0.15, -0.1) is 0 Å². The zero-order valence-electron chi connectivity index (χ0n) is 7.64.